The first kappa shape index (κ1) is 18.8. The van der Waals surface area contributed by atoms with E-state index in [1.165, 1.54) is 0 Å². The van der Waals surface area contributed by atoms with Gasteiger partial charge in [0, 0.05) is 12.7 Å². The molecule has 25 heavy (non-hydrogen) atoms. The third-order valence-corrected chi connectivity index (χ3v) is 4.54. The molecule has 5 nitrogen and oxygen atoms in total. The predicted molar refractivity (Wildman–Crippen MR) is 99.5 cm³/mol. The second-order valence-corrected chi connectivity index (χ2v) is 6.13. The van der Waals surface area contributed by atoms with Crippen molar-refractivity contribution in [3.63, 3.8) is 0 Å². The highest BCUT2D eigenvalue weighted by Gasteiger charge is 2.27. The standard InChI is InChI=1S/C20H26N2O3/c1-15(20(23)22(3)17-11-7-6-8-12-17)21(2)14-16-10-9-13-18(24-4)19(16)25-5/h6-13,15H,14H2,1-5H3/p+1/t15-/m0/s1. The number of benzene rings is 2. The van der Waals surface area contributed by atoms with Gasteiger partial charge in [-0.1, -0.05) is 24.3 Å². The molecule has 0 bridgehead atoms. The molecule has 0 aliphatic rings. The highest BCUT2D eigenvalue weighted by molar-refractivity contribution is 5.95. The number of ether oxygens (including phenoxy) is 2. The van der Waals surface area contributed by atoms with Crippen LogP contribution < -0.4 is 19.3 Å². The minimum absolute atomic E-state index is 0.0746. The van der Waals surface area contributed by atoms with Crippen LogP contribution in [0.2, 0.25) is 0 Å². The quantitative estimate of drug-likeness (QED) is 0.833. The molecule has 5 heteroatoms. The maximum Gasteiger partial charge on any atom is 0.284 e. The largest absolute Gasteiger partial charge is 0.493 e. The Labute approximate surface area is 149 Å². The number of hydrogen-bond donors (Lipinski definition) is 1. The maximum atomic E-state index is 12.8. The molecule has 0 saturated carbocycles. The zero-order valence-electron chi connectivity index (χ0n) is 15.6. The summed E-state index contributed by atoms with van der Waals surface area (Å²) in [5.41, 5.74) is 1.91. The van der Waals surface area contributed by atoms with Gasteiger partial charge in [0.2, 0.25) is 0 Å². The molecule has 1 unspecified atom stereocenters. The van der Waals surface area contributed by atoms with E-state index in [-0.39, 0.29) is 11.9 Å². The van der Waals surface area contributed by atoms with Crippen LogP contribution in [0.5, 0.6) is 11.5 Å². The average Bonchev–Trinajstić information content (AvgIpc) is 2.66. The van der Waals surface area contributed by atoms with E-state index in [0.717, 1.165) is 21.9 Å². The summed E-state index contributed by atoms with van der Waals surface area (Å²) in [4.78, 5) is 15.6. The Morgan fingerprint density at radius 1 is 1.08 bits per heavy atom. The Morgan fingerprint density at radius 2 is 1.76 bits per heavy atom. The summed E-state index contributed by atoms with van der Waals surface area (Å²) in [6.45, 7) is 2.61. The molecular formula is C20H27N2O3+. The van der Waals surface area contributed by atoms with Crippen LogP contribution in [0.4, 0.5) is 5.69 Å². The topological polar surface area (TPSA) is 43.2 Å². The zero-order valence-corrected chi connectivity index (χ0v) is 15.6. The summed E-state index contributed by atoms with van der Waals surface area (Å²) in [5, 5.41) is 0. The number of carbonyl (C=O) groups is 1. The van der Waals surface area contributed by atoms with Gasteiger partial charge in [0.15, 0.2) is 17.5 Å². The second kappa shape index (κ2) is 8.53. The smallest absolute Gasteiger partial charge is 0.284 e. The van der Waals surface area contributed by atoms with E-state index in [9.17, 15) is 4.79 Å². The van der Waals surface area contributed by atoms with Gasteiger partial charge in [0.1, 0.15) is 6.54 Å². The van der Waals surface area contributed by atoms with Crippen molar-refractivity contribution in [1.82, 2.24) is 0 Å². The fraction of sp³-hybridized carbons (Fsp3) is 0.350. The van der Waals surface area contributed by atoms with Crippen LogP contribution in [-0.4, -0.2) is 40.3 Å². The molecule has 2 aromatic carbocycles. The van der Waals surface area contributed by atoms with Gasteiger partial charge < -0.3 is 19.3 Å². The Kier molecular flexibility index (Phi) is 6.42. The highest BCUT2D eigenvalue weighted by Crippen LogP contribution is 2.30. The van der Waals surface area contributed by atoms with Crippen LogP contribution in [-0.2, 0) is 11.3 Å². The highest BCUT2D eigenvalue weighted by atomic mass is 16.5. The van der Waals surface area contributed by atoms with Gasteiger partial charge in [-0.3, -0.25) is 4.79 Å². The van der Waals surface area contributed by atoms with E-state index in [1.54, 1.807) is 19.1 Å². The summed E-state index contributed by atoms with van der Waals surface area (Å²) in [6.07, 6.45) is 0. The van der Waals surface area contributed by atoms with Crippen molar-refractivity contribution in [3.05, 3.63) is 54.1 Å². The number of carbonyl (C=O) groups excluding carboxylic acids is 1. The van der Waals surface area contributed by atoms with E-state index >= 15 is 0 Å². The van der Waals surface area contributed by atoms with Gasteiger partial charge in [0.25, 0.3) is 5.91 Å². The van der Waals surface area contributed by atoms with Gasteiger partial charge in [-0.15, -0.1) is 0 Å². The van der Waals surface area contributed by atoms with Crippen LogP contribution in [0.15, 0.2) is 48.5 Å². The Bertz CT molecular complexity index is 703. The summed E-state index contributed by atoms with van der Waals surface area (Å²) < 4.78 is 10.8. The first-order chi connectivity index (χ1) is 12.0. The molecule has 1 amide bonds. The van der Waals surface area contributed by atoms with Crippen molar-refractivity contribution in [3.8, 4) is 11.5 Å². The van der Waals surface area contributed by atoms with Crippen molar-refractivity contribution in [2.24, 2.45) is 0 Å². The lowest BCUT2D eigenvalue weighted by atomic mass is 10.1. The molecule has 0 aliphatic heterocycles. The van der Waals surface area contributed by atoms with Crippen LogP contribution in [0.25, 0.3) is 0 Å². The molecule has 0 aromatic heterocycles. The summed E-state index contributed by atoms with van der Waals surface area (Å²) >= 11 is 0. The van der Waals surface area contributed by atoms with Crippen LogP contribution in [0.1, 0.15) is 12.5 Å². The maximum absolute atomic E-state index is 12.8. The first-order valence-electron chi connectivity index (χ1n) is 8.34. The number of methoxy groups -OCH3 is 2. The fourth-order valence-corrected chi connectivity index (χ4v) is 2.83. The van der Waals surface area contributed by atoms with Crippen molar-refractivity contribution in [1.29, 1.82) is 0 Å². The number of amides is 1. The summed E-state index contributed by atoms with van der Waals surface area (Å²) in [6, 6.07) is 15.3. The van der Waals surface area contributed by atoms with E-state index in [4.69, 9.17) is 9.47 Å². The zero-order chi connectivity index (χ0) is 18.4. The Morgan fingerprint density at radius 3 is 2.36 bits per heavy atom. The minimum Gasteiger partial charge on any atom is -0.493 e. The van der Waals surface area contributed by atoms with Gasteiger partial charge in [-0.25, -0.2) is 0 Å². The normalized spacial score (nSPS) is 13.0. The molecule has 134 valence electrons. The van der Waals surface area contributed by atoms with Crippen molar-refractivity contribution in [2.75, 3.05) is 33.2 Å². The number of nitrogens with zero attached hydrogens (tertiary/aromatic N) is 1. The van der Waals surface area contributed by atoms with E-state index in [1.807, 2.05) is 69.6 Å². The monoisotopic (exact) mass is 343 g/mol. The predicted octanol–water partition coefficient (Wildman–Crippen LogP) is 1.77. The van der Waals surface area contributed by atoms with E-state index in [2.05, 4.69) is 0 Å². The van der Waals surface area contributed by atoms with Crippen molar-refractivity contribution >= 4 is 11.6 Å². The number of para-hydroxylation sites is 2. The first-order valence-corrected chi connectivity index (χ1v) is 8.34. The molecule has 0 fully saturated rings. The third kappa shape index (κ3) is 4.31. The molecule has 0 aliphatic carbocycles. The summed E-state index contributed by atoms with van der Waals surface area (Å²) in [7, 11) is 7.08. The van der Waals surface area contributed by atoms with E-state index < -0.39 is 0 Å². The molecule has 0 radical (unpaired) electrons. The van der Waals surface area contributed by atoms with Gasteiger partial charge in [-0.2, -0.15) is 0 Å². The molecule has 2 atom stereocenters. The van der Waals surface area contributed by atoms with Crippen molar-refractivity contribution < 1.29 is 19.2 Å². The number of rotatable bonds is 7. The van der Waals surface area contributed by atoms with Crippen LogP contribution in [0.3, 0.4) is 0 Å². The third-order valence-electron chi connectivity index (χ3n) is 4.54. The van der Waals surface area contributed by atoms with Crippen LogP contribution >= 0.6 is 0 Å². The number of anilines is 1. The average molecular weight is 343 g/mol. The Balaban J connectivity index is 2.12. The number of nitrogens with one attached hydrogen (secondary N) is 1. The molecule has 2 aromatic rings. The molecule has 0 spiro atoms. The molecule has 0 heterocycles. The molecule has 1 N–H and O–H groups in total. The molecule has 2 rings (SSSR count). The number of likely N-dealkylation sites (N-methyl/N-ethyl adjacent to an activating group) is 2. The Hall–Kier alpha value is -2.53. The lowest BCUT2D eigenvalue weighted by molar-refractivity contribution is -0.908. The SMILES string of the molecule is COc1cccc(C[NH+](C)[C@@H](C)C(=O)N(C)c2ccccc2)c1OC. The minimum atomic E-state index is -0.193. The number of hydrogen-bond acceptors (Lipinski definition) is 3. The second-order valence-electron chi connectivity index (χ2n) is 6.13. The lowest BCUT2D eigenvalue weighted by Crippen LogP contribution is -3.12. The van der Waals surface area contributed by atoms with Gasteiger partial charge in [-0.05, 0) is 31.2 Å². The van der Waals surface area contributed by atoms with Gasteiger partial charge in [0.05, 0.1) is 26.8 Å². The van der Waals surface area contributed by atoms with E-state index in [0.29, 0.717) is 12.3 Å². The molecular weight excluding hydrogens is 316 g/mol. The fourth-order valence-electron chi connectivity index (χ4n) is 2.83. The van der Waals surface area contributed by atoms with Crippen molar-refractivity contribution in [2.45, 2.75) is 19.5 Å². The lowest BCUT2D eigenvalue weighted by Gasteiger charge is -2.26. The van der Waals surface area contributed by atoms with Crippen LogP contribution in [0, 0.1) is 0 Å². The summed E-state index contributed by atoms with van der Waals surface area (Å²) in [5.74, 6) is 1.50. The van der Waals surface area contributed by atoms with Gasteiger partial charge >= 0.3 is 0 Å². The molecule has 0 saturated heterocycles. The number of quaternary nitrogens is 1.